The number of allylic oxidation sites excluding steroid dienone is 4. The summed E-state index contributed by atoms with van der Waals surface area (Å²) < 4.78 is 0. The van der Waals surface area contributed by atoms with Crippen LogP contribution in [0.25, 0.3) is 0 Å². The minimum Gasteiger partial charge on any atom is -0.0647 e. The van der Waals surface area contributed by atoms with E-state index in [4.69, 9.17) is 0 Å². The van der Waals surface area contributed by atoms with Gasteiger partial charge in [0.25, 0.3) is 0 Å². The van der Waals surface area contributed by atoms with Crippen LogP contribution < -0.4 is 15.6 Å². The van der Waals surface area contributed by atoms with Crippen LogP contribution in [-0.2, 0) is 0 Å². The van der Waals surface area contributed by atoms with E-state index in [0.717, 1.165) is 0 Å². The van der Waals surface area contributed by atoms with Gasteiger partial charge in [0.2, 0.25) is 0 Å². The first-order valence-corrected chi connectivity index (χ1v) is 20.3. The lowest BCUT2D eigenvalue weighted by molar-refractivity contribution is 0.833. The van der Waals surface area contributed by atoms with Gasteiger partial charge in [-0.1, -0.05) is 149 Å². The minimum absolute atomic E-state index is 0.361. The van der Waals surface area contributed by atoms with Crippen molar-refractivity contribution in [3.63, 3.8) is 0 Å². The zero-order valence-electron chi connectivity index (χ0n) is 32.2. The summed E-state index contributed by atoms with van der Waals surface area (Å²) in [5.74, 6) is 2.78. The summed E-state index contributed by atoms with van der Waals surface area (Å²) in [4.78, 5) is 0. The molecule has 4 rings (SSSR count). The van der Waals surface area contributed by atoms with Gasteiger partial charge in [-0.25, -0.2) is 0 Å². The van der Waals surface area contributed by atoms with E-state index in [9.17, 15) is 0 Å². The van der Waals surface area contributed by atoms with Gasteiger partial charge in [-0.15, -0.1) is 0 Å². The zero-order valence-corrected chi connectivity index (χ0v) is 33.2. The normalized spacial score (nSPS) is 15.0. The van der Waals surface area contributed by atoms with Gasteiger partial charge in [0.05, 0.1) is 0 Å². The molecule has 0 saturated heterocycles. The van der Waals surface area contributed by atoms with Crippen LogP contribution in [0.1, 0.15) is 180 Å². The largest absolute Gasteiger partial charge is 0.159 e. The summed E-state index contributed by atoms with van der Waals surface area (Å²) in [6, 6.07) is 23.4. The molecule has 1 aliphatic rings. The fourth-order valence-corrected chi connectivity index (χ4v) is 13.8. The molecule has 1 heteroatoms. The van der Waals surface area contributed by atoms with Crippen molar-refractivity contribution in [3.8, 4) is 0 Å². The molecule has 248 valence electrons. The first-order chi connectivity index (χ1) is 21.4. The van der Waals surface area contributed by atoms with Crippen molar-refractivity contribution in [2.45, 2.75) is 152 Å². The molecule has 0 amide bonds. The molecule has 0 N–H and O–H groups in total. The standard InChI is InChI=1S/C45H64Si/c1-26(2)36-17-37(27(3)4)21-42(20-36)46(45-34(15)32(13)33(14)35(45)16,43-22-38(28(5)6)18-39(23-43)29(7)8)44-24-40(30(9)10)19-41(25-44)31(11)12/h17-31,45H,1-16H3. The predicted octanol–water partition coefficient (Wildman–Crippen LogP) is 12.0. The van der Waals surface area contributed by atoms with E-state index in [0.29, 0.717) is 41.0 Å². The Morgan fingerprint density at radius 1 is 0.348 bits per heavy atom. The monoisotopic (exact) mass is 632 g/mol. The zero-order chi connectivity index (χ0) is 34.4. The van der Waals surface area contributed by atoms with Gasteiger partial charge >= 0.3 is 0 Å². The SMILES string of the molecule is CC1=C(C)C([Si](c2cc(C(C)C)cc(C(C)C)c2)(c2cc(C(C)C)cc(C(C)C)c2)c2cc(C(C)C)cc(C(C)C)c2)C(C)=C1C. The van der Waals surface area contributed by atoms with Crippen LogP contribution in [0.4, 0.5) is 0 Å². The predicted molar refractivity (Wildman–Crippen MR) is 209 cm³/mol. The van der Waals surface area contributed by atoms with Gasteiger partial charge < -0.3 is 0 Å². The van der Waals surface area contributed by atoms with E-state index in [1.807, 2.05) is 0 Å². The van der Waals surface area contributed by atoms with Crippen LogP contribution in [0, 0.1) is 0 Å². The molecule has 3 aromatic rings. The molecule has 0 saturated carbocycles. The van der Waals surface area contributed by atoms with E-state index >= 15 is 0 Å². The van der Waals surface area contributed by atoms with E-state index in [2.05, 4.69) is 165 Å². The van der Waals surface area contributed by atoms with Crippen LogP contribution in [0.2, 0.25) is 5.54 Å². The maximum atomic E-state index is 2.65. The molecule has 46 heavy (non-hydrogen) atoms. The molecular formula is C45H64Si. The molecule has 0 heterocycles. The van der Waals surface area contributed by atoms with E-state index < -0.39 is 8.07 Å². The van der Waals surface area contributed by atoms with Crippen LogP contribution in [-0.4, -0.2) is 8.07 Å². The molecule has 0 atom stereocenters. The average molecular weight is 633 g/mol. The molecule has 0 spiro atoms. The molecule has 0 aliphatic heterocycles. The Morgan fingerprint density at radius 3 is 0.717 bits per heavy atom. The highest BCUT2D eigenvalue weighted by atomic mass is 28.3. The van der Waals surface area contributed by atoms with Crippen molar-refractivity contribution in [3.05, 3.63) is 110 Å². The van der Waals surface area contributed by atoms with Gasteiger partial charge in [0.15, 0.2) is 8.07 Å². The van der Waals surface area contributed by atoms with Crippen molar-refractivity contribution in [2.75, 3.05) is 0 Å². The van der Waals surface area contributed by atoms with Crippen molar-refractivity contribution in [2.24, 2.45) is 0 Å². The highest BCUT2D eigenvalue weighted by Gasteiger charge is 2.51. The molecule has 0 nitrogen and oxygen atoms in total. The lowest BCUT2D eigenvalue weighted by Crippen LogP contribution is -2.70. The van der Waals surface area contributed by atoms with Gasteiger partial charge in [-0.2, -0.15) is 0 Å². The molecule has 0 unspecified atom stereocenters. The summed E-state index contributed by atoms with van der Waals surface area (Å²) in [5.41, 5.74) is 15.3. The smallest absolute Gasteiger partial charge is 0.0647 e. The molecule has 0 aromatic heterocycles. The molecular weight excluding hydrogens is 569 g/mol. The molecule has 0 fully saturated rings. The van der Waals surface area contributed by atoms with E-state index in [1.165, 1.54) is 44.5 Å². The van der Waals surface area contributed by atoms with Crippen molar-refractivity contribution in [1.82, 2.24) is 0 Å². The third kappa shape index (κ3) is 6.56. The second-order valence-electron chi connectivity index (χ2n) is 16.5. The van der Waals surface area contributed by atoms with Crippen LogP contribution in [0.3, 0.4) is 0 Å². The van der Waals surface area contributed by atoms with Gasteiger partial charge in [0.1, 0.15) is 0 Å². The van der Waals surface area contributed by atoms with E-state index in [1.54, 1.807) is 26.7 Å². The summed E-state index contributed by atoms with van der Waals surface area (Å²) in [7, 11) is -2.78. The Balaban J connectivity index is 2.40. The number of benzene rings is 3. The summed E-state index contributed by atoms with van der Waals surface area (Å²) in [6.45, 7) is 38.2. The van der Waals surface area contributed by atoms with Crippen molar-refractivity contribution >= 4 is 23.6 Å². The number of hydrogen-bond donors (Lipinski definition) is 0. The van der Waals surface area contributed by atoms with Crippen molar-refractivity contribution in [1.29, 1.82) is 0 Å². The second kappa shape index (κ2) is 13.8. The Bertz CT molecular complexity index is 1380. The lowest BCUT2D eigenvalue weighted by atomic mass is 9.95. The third-order valence-electron chi connectivity index (χ3n) is 11.3. The maximum Gasteiger partial charge on any atom is 0.159 e. The lowest BCUT2D eigenvalue weighted by Gasteiger charge is -2.43. The topological polar surface area (TPSA) is 0 Å². The van der Waals surface area contributed by atoms with Gasteiger partial charge in [-0.05, 0) is 123 Å². The highest BCUT2D eigenvalue weighted by Crippen LogP contribution is 2.47. The Kier molecular flexibility index (Phi) is 10.9. The Labute approximate surface area is 284 Å². The third-order valence-corrected chi connectivity index (χ3v) is 16.7. The summed E-state index contributed by atoms with van der Waals surface area (Å²) in [5, 5.41) is 4.75. The highest BCUT2D eigenvalue weighted by molar-refractivity contribution is 7.13. The first-order valence-electron chi connectivity index (χ1n) is 18.2. The van der Waals surface area contributed by atoms with Crippen molar-refractivity contribution < 1.29 is 0 Å². The fourth-order valence-electron chi connectivity index (χ4n) is 7.71. The van der Waals surface area contributed by atoms with Gasteiger partial charge in [-0.3, -0.25) is 0 Å². The molecule has 0 radical (unpaired) electrons. The molecule has 3 aromatic carbocycles. The second-order valence-corrected chi connectivity index (χ2v) is 20.4. The van der Waals surface area contributed by atoms with E-state index in [-0.39, 0.29) is 0 Å². The molecule has 0 bridgehead atoms. The number of hydrogen-bond acceptors (Lipinski definition) is 0. The Hall–Kier alpha value is -2.64. The minimum atomic E-state index is -2.78. The quantitative estimate of drug-likeness (QED) is 0.154. The Morgan fingerprint density at radius 2 is 0.543 bits per heavy atom. The average Bonchev–Trinajstić information content (AvgIpc) is 3.19. The van der Waals surface area contributed by atoms with Crippen LogP contribution in [0.5, 0.6) is 0 Å². The summed E-state index contributed by atoms with van der Waals surface area (Å²) >= 11 is 0. The first kappa shape index (κ1) is 36.2. The molecule has 1 aliphatic carbocycles. The van der Waals surface area contributed by atoms with Gasteiger partial charge in [0, 0.05) is 5.54 Å². The summed E-state index contributed by atoms with van der Waals surface area (Å²) in [6.07, 6.45) is 0. The fraction of sp³-hybridized carbons (Fsp3) is 0.511. The maximum absolute atomic E-state index is 2.78. The van der Waals surface area contributed by atoms with Crippen LogP contribution >= 0.6 is 0 Å². The number of rotatable bonds is 10. The van der Waals surface area contributed by atoms with Crippen LogP contribution in [0.15, 0.2) is 76.9 Å².